The maximum absolute atomic E-state index is 13.1. The van der Waals surface area contributed by atoms with Gasteiger partial charge < -0.3 is 24.2 Å². The standard InChI is InChI=1S/C20H22ClN3O5/c1-22(2)19(27)16-12-7-8-24(10-11-5-6-14(29-4)13(21)9-11)18(26)15(12)17(25)20(28)23(16)3/h5-6,9,25H,7-8,10H2,1-4H3. The number of hydrogen-bond donors (Lipinski definition) is 1. The number of halogens is 1. The van der Waals surface area contributed by atoms with Gasteiger partial charge in [0.2, 0.25) is 0 Å². The van der Waals surface area contributed by atoms with Gasteiger partial charge in [-0.25, -0.2) is 0 Å². The molecule has 1 aromatic carbocycles. The highest BCUT2D eigenvalue weighted by Crippen LogP contribution is 2.30. The van der Waals surface area contributed by atoms with Gasteiger partial charge in [0, 0.05) is 39.8 Å². The Hall–Kier alpha value is -3.00. The van der Waals surface area contributed by atoms with E-state index < -0.39 is 23.1 Å². The lowest BCUT2D eigenvalue weighted by Gasteiger charge is -2.31. The maximum Gasteiger partial charge on any atom is 0.293 e. The molecule has 0 saturated carbocycles. The molecule has 0 bridgehead atoms. The molecule has 9 heteroatoms. The summed E-state index contributed by atoms with van der Waals surface area (Å²) in [6.07, 6.45) is 0.335. The number of aromatic nitrogens is 1. The summed E-state index contributed by atoms with van der Waals surface area (Å²) in [5.74, 6) is -1.01. The highest BCUT2D eigenvalue weighted by molar-refractivity contribution is 6.32. The third kappa shape index (κ3) is 3.55. The zero-order chi connectivity index (χ0) is 21.5. The summed E-state index contributed by atoms with van der Waals surface area (Å²) < 4.78 is 6.23. The van der Waals surface area contributed by atoms with Crippen molar-refractivity contribution in [1.29, 1.82) is 0 Å². The maximum atomic E-state index is 13.1. The molecule has 2 amide bonds. The van der Waals surface area contributed by atoms with Crippen LogP contribution in [0.15, 0.2) is 23.0 Å². The molecule has 0 atom stereocenters. The van der Waals surface area contributed by atoms with Crippen LogP contribution in [-0.2, 0) is 20.0 Å². The van der Waals surface area contributed by atoms with E-state index in [4.69, 9.17) is 16.3 Å². The summed E-state index contributed by atoms with van der Waals surface area (Å²) in [5, 5.41) is 10.8. The Morgan fingerprint density at radius 2 is 2.00 bits per heavy atom. The average Bonchev–Trinajstić information content (AvgIpc) is 2.68. The Morgan fingerprint density at radius 1 is 1.31 bits per heavy atom. The van der Waals surface area contributed by atoms with E-state index in [9.17, 15) is 19.5 Å². The van der Waals surface area contributed by atoms with Gasteiger partial charge in [-0.1, -0.05) is 17.7 Å². The van der Waals surface area contributed by atoms with Crippen LogP contribution < -0.4 is 10.3 Å². The first-order valence-corrected chi connectivity index (χ1v) is 9.33. The molecule has 0 fully saturated rings. The van der Waals surface area contributed by atoms with Gasteiger partial charge in [-0.2, -0.15) is 0 Å². The molecule has 29 heavy (non-hydrogen) atoms. The van der Waals surface area contributed by atoms with Crippen LogP contribution in [0.3, 0.4) is 0 Å². The number of carbonyl (C=O) groups is 2. The van der Waals surface area contributed by atoms with Gasteiger partial charge in [0.1, 0.15) is 11.4 Å². The van der Waals surface area contributed by atoms with Crippen molar-refractivity contribution in [3.63, 3.8) is 0 Å². The molecule has 1 aliphatic rings. The number of benzene rings is 1. The van der Waals surface area contributed by atoms with Gasteiger partial charge in [0.05, 0.1) is 17.7 Å². The van der Waals surface area contributed by atoms with Crippen molar-refractivity contribution < 1.29 is 19.4 Å². The molecular formula is C20H22ClN3O5. The third-order valence-electron chi connectivity index (χ3n) is 5.00. The first-order valence-electron chi connectivity index (χ1n) is 8.95. The number of amides is 2. The Balaban J connectivity index is 2.03. The second-order valence-corrected chi connectivity index (χ2v) is 7.47. The highest BCUT2D eigenvalue weighted by atomic mass is 35.5. The first-order chi connectivity index (χ1) is 13.7. The second kappa shape index (κ2) is 7.79. The number of pyridine rings is 1. The van der Waals surface area contributed by atoms with Crippen molar-refractivity contribution >= 4 is 23.4 Å². The molecule has 1 aliphatic heterocycles. The molecule has 0 saturated heterocycles. The smallest absolute Gasteiger partial charge is 0.293 e. The number of ether oxygens (including phenoxy) is 1. The Labute approximate surface area is 172 Å². The lowest BCUT2D eigenvalue weighted by molar-refractivity contribution is 0.0720. The van der Waals surface area contributed by atoms with E-state index in [2.05, 4.69) is 0 Å². The van der Waals surface area contributed by atoms with Crippen LogP contribution >= 0.6 is 11.6 Å². The van der Waals surface area contributed by atoms with Crippen LogP contribution in [0.25, 0.3) is 0 Å². The van der Waals surface area contributed by atoms with Gasteiger partial charge in [-0.05, 0) is 24.1 Å². The Kier molecular flexibility index (Phi) is 5.57. The van der Waals surface area contributed by atoms with Crippen LogP contribution in [0.1, 0.15) is 32.0 Å². The van der Waals surface area contributed by atoms with E-state index in [0.29, 0.717) is 29.3 Å². The van der Waals surface area contributed by atoms with Crippen LogP contribution in [0, 0.1) is 0 Å². The average molecular weight is 420 g/mol. The summed E-state index contributed by atoms with van der Waals surface area (Å²) in [4.78, 5) is 41.0. The highest BCUT2D eigenvalue weighted by Gasteiger charge is 2.34. The molecule has 1 N–H and O–H groups in total. The zero-order valence-electron chi connectivity index (χ0n) is 16.7. The normalized spacial score (nSPS) is 13.3. The van der Waals surface area contributed by atoms with Crippen molar-refractivity contribution in [1.82, 2.24) is 14.4 Å². The summed E-state index contributed by atoms with van der Waals surface area (Å²) in [7, 11) is 6.06. The van der Waals surface area contributed by atoms with Crippen LogP contribution in [0.2, 0.25) is 5.02 Å². The van der Waals surface area contributed by atoms with Crippen molar-refractivity contribution in [3.05, 3.63) is 56.0 Å². The molecule has 2 aromatic rings. The van der Waals surface area contributed by atoms with Gasteiger partial charge in [0.15, 0.2) is 5.75 Å². The van der Waals surface area contributed by atoms with Gasteiger partial charge in [-0.3, -0.25) is 14.4 Å². The van der Waals surface area contributed by atoms with Gasteiger partial charge >= 0.3 is 0 Å². The molecule has 8 nitrogen and oxygen atoms in total. The number of hydrogen-bond acceptors (Lipinski definition) is 5. The molecule has 0 radical (unpaired) electrons. The Morgan fingerprint density at radius 3 is 2.59 bits per heavy atom. The predicted molar refractivity (Wildman–Crippen MR) is 108 cm³/mol. The van der Waals surface area contributed by atoms with Crippen LogP contribution in [0.4, 0.5) is 0 Å². The van der Waals surface area contributed by atoms with E-state index in [1.54, 1.807) is 32.3 Å². The molecular weight excluding hydrogens is 398 g/mol. The molecule has 1 aromatic heterocycles. The third-order valence-corrected chi connectivity index (χ3v) is 5.29. The summed E-state index contributed by atoms with van der Waals surface area (Å²) >= 11 is 6.16. The molecule has 0 unspecified atom stereocenters. The second-order valence-electron chi connectivity index (χ2n) is 7.06. The van der Waals surface area contributed by atoms with Crippen LogP contribution in [0.5, 0.6) is 11.5 Å². The van der Waals surface area contributed by atoms with Crippen LogP contribution in [-0.4, -0.2) is 59.0 Å². The van der Waals surface area contributed by atoms with E-state index >= 15 is 0 Å². The molecule has 154 valence electrons. The fraction of sp³-hybridized carbons (Fsp3) is 0.350. The Bertz CT molecular complexity index is 1060. The molecule has 0 aliphatic carbocycles. The van der Waals surface area contributed by atoms with E-state index in [1.165, 1.54) is 24.0 Å². The predicted octanol–water partition coefficient (Wildman–Crippen LogP) is 1.65. The number of carbonyl (C=O) groups excluding carboxylic acids is 2. The SMILES string of the molecule is COc1ccc(CN2CCc3c(c(O)c(=O)n(C)c3C(=O)N(C)C)C2=O)cc1Cl. The minimum absolute atomic E-state index is 0.107. The minimum atomic E-state index is -0.781. The zero-order valence-corrected chi connectivity index (χ0v) is 17.4. The van der Waals surface area contributed by atoms with Crippen molar-refractivity contribution in [2.24, 2.45) is 7.05 Å². The van der Waals surface area contributed by atoms with E-state index in [-0.39, 0.29) is 17.8 Å². The topological polar surface area (TPSA) is 92.1 Å². The van der Waals surface area contributed by atoms with Gasteiger partial charge in [0.25, 0.3) is 17.4 Å². The molecule has 2 heterocycles. The van der Waals surface area contributed by atoms with Crippen molar-refractivity contribution in [2.75, 3.05) is 27.7 Å². The monoisotopic (exact) mass is 419 g/mol. The lowest BCUT2D eigenvalue weighted by atomic mass is 9.95. The summed E-state index contributed by atoms with van der Waals surface area (Å²) in [5.41, 5.74) is 0.395. The van der Waals surface area contributed by atoms with E-state index in [0.717, 1.165) is 10.1 Å². The summed E-state index contributed by atoms with van der Waals surface area (Å²) in [6.45, 7) is 0.578. The number of rotatable bonds is 4. The number of nitrogens with zero attached hydrogens (tertiary/aromatic N) is 3. The van der Waals surface area contributed by atoms with Crippen molar-refractivity contribution in [3.8, 4) is 11.5 Å². The molecule has 3 rings (SSSR count). The fourth-order valence-corrected chi connectivity index (χ4v) is 3.76. The van der Waals surface area contributed by atoms with Gasteiger partial charge in [-0.15, -0.1) is 0 Å². The quantitative estimate of drug-likeness (QED) is 0.813. The van der Waals surface area contributed by atoms with Crippen molar-refractivity contribution in [2.45, 2.75) is 13.0 Å². The number of methoxy groups -OCH3 is 1. The summed E-state index contributed by atoms with van der Waals surface area (Å²) in [6, 6.07) is 5.20. The largest absolute Gasteiger partial charge is 0.502 e. The lowest BCUT2D eigenvalue weighted by Crippen LogP contribution is -2.42. The number of aromatic hydroxyl groups is 1. The minimum Gasteiger partial charge on any atom is -0.502 e. The number of fused-ring (bicyclic) bond motifs is 1. The molecule has 0 spiro atoms. The first kappa shape index (κ1) is 20.7. The van der Waals surface area contributed by atoms with E-state index in [1.807, 2.05) is 0 Å². The fourth-order valence-electron chi connectivity index (χ4n) is 3.48.